The summed E-state index contributed by atoms with van der Waals surface area (Å²) in [5, 5.41) is 2.75. The molecular weight excluding hydrogens is 420 g/mol. The molecule has 0 saturated carbocycles. The smallest absolute Gasteiger partial charge is 0.00947 e. The third kappa shape index (κ3) is 3.59. The summed E-state index contributed by atoms with van der Waals surface area (Å²) in [4.78, 5) is 0. The zero-order valence-corrected chi connectivity index (χ0v) is 21.1. The first-order chi connectivity index (χ1) is 17.2. The van der Waals surface area contributed by atoms with E-state index in [0.29, 0.717) is 17.8 Å². The highest BCUT2D eigenvalue weighted by Crippen LogP contribution is 2.55. The van der Waals surface area contributed by atoms with Gasteiger partial charge in [-0.2, -0.15) is 0 Å². The van der Waals surface area contributed by atoms with Crippen molar-refractivity contribution in [1.29, 1.82) is 0 Å². The number of hydrogen-bond acceptors (Lipinski definition) is 0. The summed E-state index contributed by atoms with van der Waals surface area (Å²) in [5.41, 5.74) is 11.8. The molecular formula is C35H34. The number of rotatable bonds is 6. The Morgan fingerprint density at radius 2 is 1.46 bits per heavy atom. The lowest BCUT2D eigenvalue weighted by Crippen LogP contribution is -2.21. The van der Waals surface area contributed by atoms with Gasteiger partial charge in [-0.3, -0.25) is 0 Å². The minimum atomic E-state index is 0.464. The average Bonchev–Trinajstić information content (AvgIpc) is 3.45. The van der Waals surface area contributed by atoms with Gasteiger partial charge in [0.2, 0.25) is 0 Å². The van der Waals surface area contributed by atoms with E-state index < -0.39 is 0 Å². The highest BCUT2D eigenvalue weighted by Gasteiger charge is 2.40. The van der Waals surface area contributed by atoms with Crippen molar-refractivity contribution in [3.8, 4) is 11.1 Å². The zero-order valence-electron chi connectivity index (χ0n) is 21.1. The fourth-order valence-corrected chi connectivity index (χ4v) is 6.92. The number of allylic oxidation sites excluding steroid dienone is 2. The highest BCUT2D eigenvalue weighted by molar-refractivity contribution is 5.94. The van der Waals surface area contributed by atoms with Crippen molar-refractivity contribution in [2.24, 2.45) is 5.92 Å². The predicted octanol–water partition coefficient (Wildman–Crippen LogP) is 10.0. The molecule has 4 aromatic carbocycles. The Bertz CT molecular complexity index is 1450. The molecule has 2 aliphatic rings. The topological polar surface area (TPSA) is 0 Å². The second kappa shape index (κ2) is 9.00. The quantitative estimate of drug-likeness (QED) is 0.272. The summed E-state index contributed by atoms with van der Waals surface area (Å²) >= 11 is 0. The average molecular weight is 455 g/mol. The Balaban J connectivity index is 1.49. The van der Waals surface area contributed by atoms with E-state index in [1.807, 2.05) is 0 Å². The van der Waals surface area contributed by atoms with Crippen molar-refractivity contribution in [1.82, 2.24) is 0 Å². The maximum atomic E-state index is 2.53. The van der Waals surface area contributed by atoms with E-state index >= 15 is 0 Å². The molecule has 3 unspecified atom stereocenters. The molecule has 0 saturated heterocycles. The van der Waals surface area contributed by atoms with Crippen LogP contribution in [0.5, 0.6) is 0 Å². The third-order valence-electron chi connectivity index (χ3n) is 8.38. The van der Waals surface area contributed by atoms with E-state index in [4.69, 9.17) is 0 Å². The summed E-state index contributed by atoms with van der Waals surface area (Å²) in [7, 11) is 0. The SMILES string of the molecule is CCCC(C1C(C)=Cc2c(-c3ccccc3)cccc21)C1C(CC)=Cc2c1ccc1ccccc21. The number of hydrogen-bond donors (Lipinski definition) is 0. The van der Waals surface area contributed by atoms with Crippen LogP contribution in [0.2, 0.25) is 0 Å². The maximum absolute atomic E-state index is 2.53. The first kappa shape index (κ1) is 22.1. The van der Waals surface area contributed by atoms with Crippen LogP contribution in [0.25, 0.3) is 34.1 Å². The first-order valence-electron chi connectivity index (χ1n) is 13.3. The van der Waals surface area contributed by atoms with Crippen LogP contribution in [0.15, 0.2) is 96.1 Å². The number of fused-ring (bicyclic) bond motifs is 4. The van der Waals surface area contributed by atoms with Crippen molar-refractivity contribution < 1.29 is 0 Å². The molecule has 0 heteroatoms. The van der Waals surface area contributed by atoms with Crippen LogP contribution in [0, 0.1) is 5.92 Å². The molecule has 174 valence electrons. The summed E-state index contributed by atoms with van der Waals surface area (Å²) in [5.74, 6) is 1.52. The van der Waals surface area contributed by atoms with Crippen LogP contribution in [-0.2, 0) is 0 Å². The van der Waals surface area contributed by atoms with Gasteiger partial charge in [0.1, 0.15) is 0 Å². The second-order valence-electron chi connectivity index (χ2n) is 10.3. The van der Waals surface area contributed by atoms with E-state index in [2.05, 4.69) is 118 Å². The Hall–Kier alpha value is -3.38. The molecule has 0 spiro atoms. The Labute approximate surface area is 210 Å². The van der Waals surface area contributed by atoms with Crippen molar-refractivity contribution in [2.45, 2.75) is 51.9 Å². The fourth-order valence-electron chi connectivity index (χ4n) is 6.92. The lowest BCUT2D eigenvalue weighted by Gasteiger charge is -2.34. The fraction of sp³-hybridized carbons (Fsp3) is 0.257. The van der Waals surface area contributed by atoms with E-state index in [-0.39, 0.29) is 0 Å². The molecule has 0 bridgehead atoms. The minimum Gasteiger partial charge on any atom is -0.0654 e. The molecule has 2 aliphatic carbocycles. The molecule has 6 rings (SSSR count). The van der Waals surface area contributed by atoms with Gasteiger partial charge in [-0.25, -0.2) is 0 Å². The molecule has 0 amide bonds. The molecule has 0 radical (unpaired) electrons. The molecule has 0 fully saturated rings. The third-order valence-corrected chi connectivity index (χ3v) is 8.38. The Morgan fingerprint density at radius 3 is 2.26 bits per heavy atom. The Kier molecular flexibility index (Phi) is 5.69. The monoisotopic (exact) mass is 454 g/mol. The standard InChI is InChI=1S/C35H34/c1-4-12-31(35-24(5-2)22-33-27-16-10-9-15-26(27)19-20-30(33)35)34-23(3)21-32-28(17-11-18-29(32)34)25-13-7-6-8-14-25/h6-11,13-22,31,34-35H,4-5,12H2,1-3H3. The zero-order chi connectivity index (χ0) is 23.9. The predicted molar refractivity (Wildman–Crippen MR) is 152 cm³/mol. The van der Waals surface area contributed by atoms with Crippen molar-refractivity contribution in [2.75, 3.05) is 0 Å². The summed E-state index contributed by atoms with van der Waals surface area (Å²) in [6.07, 6.45) is 8.56. The van der Waals surface area contributed by atoms with Crippen LogP contribution in [0.3, 0.4) is 0 Å². The summed E-state index contributed by atoms with van der Waals surface area (Å²) < 4.78 is 0. The first-order valence-corrected chi connectivity index (χ1v) is 13.3. The van der Waals surface area contributed by atoms with Crippen LogP contribution in [0.1, 0.15) is 74.1 Å². The van der Waals surface area contributed by atoms with Crippen molar-refractivity contribution in [3.05, 3.63) is 118 Å². The lowest BCUT2D eigenvalue weighted by molar-refractivity contribution is 0.380. The van der Waals surface area contributed by atoms with Gasteiger partial charge in [0.15, 0.2) is 0 Å². The minimum absolute atomic E-state index is 0.464. The van der Waals surface area contributed by atoms with Crippen LogP contribution >= 0.6 is 0 Å². The van der Waals surface area contributed by atoms with E-state index in [0.717, 1.165) is 6.42 Å². The van der Waals surface area contributed by atoms with Crippen molar-refractivity contribution in [3.63, 3.8) is 0 Å². The lowest BCUT2D eigenvalue weighted by atomic mass is 9.69. The molecule has 3 atom stereocenters. The highest BCUT2D eigenvalue weighted by atomic mass is 14.4. The number of benzene rings is 4. The molecule has 35 heavy (non-hydrogen) atoms. The van der Waals surface area contributed by atoms with Gasteiger partial charge < -0.3 is 0 Å². The van der Waals surface area contributed by atoms with Gasteiger partial charge in [0, 0.05) is 11.8 Å². The van der Waals surface area contributed by atoms with Crippen LogP contribution < -0.4 is 0 Å². The molecule has 0 nitrogen and oxygen atoms in total. The van der Waals surface area contributed by atoms with Gasteiger partial charge >= 0.3 is 0 Å². The van der Waals surface area contributed by atoms with Crippen LogP contribution in [0.4, 0.5) is 0 Å². The largest absolute Gasteiger partial charge is 0.0654 e. The van der Waals surface area contributed by atoms with Gasteiger partial charge in [-0.05, 0) is 69.8 Å². The van der Waals surface area contributed by atoms with Crippen LogP contribution in [-0.4, -0.2) is 0 Å². The maximum Gasteiger partial charge on any atom is 0.00947 e. The van der Waals surface area contributed by atoms with Crippen molar-refractivity contribution >= 4 is 22.9 Å². The van der Waals surface area contributed by atoms with Gasteiger partial charge in [-0.1, -0.05) is 128 Å². The molecule has 0 N–H and O–H groups in total. The molecule has 0 aromatic heterocycles. The van der Waals surface area contributed by atoms with Gasteiger partial charge in [0.05, 0.1) is 0 Å². The van der Waals surface area contributed by atoms with Gasteiger partial charge in [0.25, 0.3) is 0 Å². The normalized spacial score (nSPS) is 19.3. The Morgan fingerprint density at radius 1 is 0.686 bits per heavy atom. The summed E-state index contributed by atoms with van der Waals surface area (Å²) in [6, 6.07) is 31.5. The van der Waals surface area contributed by atoms with E-state index in [9.17, 15) is 0 Å². The molecule has 4 aromatic rings. The molecule has 0 heterocycles. The molecule has 0 aliphatic heterocycles. The van der Waals surface area contributed by atoms with E-state index in [1.165, 1.54) is 57.0 Å². The second-order valence-corrected chi connectivity index (χ2v) is 10.3. The van der Waals surface area contributed by atoms with Gasteiger partial charge in [-0.15, -0.1) is 0 Å². The van der Waals surface area contributed by atoms with E-state index in [1.54, 1.807) is 11.1 Å². The summed E-state index contributed by atoms with van der Waals surface area (Å²) in [6.45, 7) is 7.07.